The molecule has 0 radical (unpaired) electrons. The van der Waals surface area contributed by atoms with Crippen molar-refractivity contribution in [1.29, 1.82) is 0 Å². The Balaban J connectivity index is 2.27. The Morgan fingerprint density at radius 3 is 2.32 bits per heavy atom. The van der Waals surface area contributed by atoms with Gasteiger partial charge < -0.3 is 0 Å². The van der Waals surface area contributed by atoms with Crippen molar-refractivity contribution in [2.24, 2.45) is 5.41 Å². The molecule has 0 N–H and O–H groups in total. The number of aromatic nitrogens is 1. The van der Waals surface area contributed by atoms with Crippen LogP contribution in [0.2, 0.25) is 0 Å². The number of rotatable bonds is 2. The summed E-state index contributed by atoms with van der Waals surface area (Å²) >= 11 is 0. The first-order valence-corrected chi connectivity index (χ1v) is 6.25. The molecule has 0 aliphatic rings. The first kappa shape index (κ1) is 13.7. The van der Waals surface area contributed by atoms with Crippen LogP contribution >= 0.6 is 0 Å². The van der Waals surface area contributed by atoms with Gasteiger partial charge in [0, 0.05) is 17.8 Å². The second kappa shape index (κ2) is 5.08. The summed E-state index contributed by atoms with van der Waals surface area (Å²) in [7, 11) is 0. The summed E-state index contributed by atoms with van der Waals surface area (Å²) in [5.74, 6) is -1.17. The Hall–Kier alpha value is -1.77. The summed E-state index contributed by atoms with van der Waals surface area (Å²) in [6, 6.07) is 7.24. The van der Waals surface area contributed by atoms with Crippen LogP contribution in [-0.4, -0.2) is 4.98 Å². The molecule has 0 aliphatic heterocycles. The zero-order chi connectivity index (χ0) is 14.0. The lowest BCUT2D eigenvalue weighted by molar-refractivity contribution is 0.411. The monoisotopic (exact) mass is 261 g/mol. The van der Waals surface area contributed by atoms with E-state index in [2.05, 4.69) is 25.8 Å². The van der Waals surface area contributed by atoms with Crippen LogP contribution in [0.3, 0.4) is 0 Å². The first-order chi connectivity index (χ1) is 8.85. The minimum atomic E-state index is -0.587. The van der Waals surface area contributed by atoms with E-state index in [1.165, 1.54) is 12.1 Å². The van der Waals surface area contributed by atoms with Crippen LogP contribution < -0.4 is 0 Å². The Kier molecular flexibility index (Phi) is 3.65. The van der Waals surface area contributed by atoms with Crippen LogP contribution in [0.25, 0.3) is 11.3 Å². The number of nitrogens with zero attached hydrogens (tertiary/aromatic N) is 1. The standard InChI is InChI=1S/C16H17F2N/c1-16(2,3)9-11-4-7-15(19-10-11)13-6-5-12(17)8-14(13)18/h4-8,10H,9H2,1-3H3. The number of hydrogen-bond acceptors (Lipinski definition) is 1. The smallest absolute Gasteiger partial charge is 0.135 e. The van der Waals surface area contributed by atoms with Crippen molar-refractivity contribution in [3.05, 3.63) is 53.7 Å². The number of pyridine rings is 1. The number of hydrogen-bond donors (Lipinski definition) is 0. The van der Waals surface area contributed by atoms with Gasteiger partial charge >= 0.3 is 0 Å². The molecule has 1 aromatic heterocycles. The van der Waals surface area contributed by atoms with Gasteiger partial charge in [-0.1, -0.05) is 26.8 Å². The van der Waals surface area contributed by atoms with Crippen molar-refractivity contribution in [1.82, 2.24) is 4.98 Å². The molecule has 0 fully saturated rings. The molecule has 0 atom stereocenters. The minimum absolute atomic E-state index is 0.185. The molecule has 1 heterocycles. The van der Waals surface area contributed by atoms with Gasteiger partial charge in [0.05, 0.1) is 5.69 Å². The average Bonchev–Trinajstić information content (AvgIpc) is 2.28. The van der Waals surface area contributed by atoms with E-state index in [-0.39, 0.29) is 5.41 Å². The number of benzene rings is 1. The van der Waals surface area contributed by atoms with Gasteiger partial charge in [0.2, 0.25) is 0 Å². The van der Waals surface area contributed by atoms with Crippen LogP contribution in [0.1, 0.15) is 26.3 Å². The highest BCUT2D eigenvalue weighted by Crippen LogP contribution is 2.24. The SMILES string of the molecule is CC(C)(C)Cc1ccc(-c2ccc(F)cc2F)nc1. The van der Waals surface area contributed by atoms with E-state index in [4.69, 9.17) is 0 Å². The summed E-state index contributed by atoms with van der Waals surface area (Å²) < 4.78 is 26.5. The summed E-state index contributed by atoms with van der Waals surface area (Å²) in [6.07, 6.45) is 2.66. The maximum absolute atomic E-state index is 13.6. The van der Waals surface area contributed by atoms with Crippen LogP contribution in [0.4, 0.5) is 8.78 Å². The lowest BCUT2D eigenvalue weighted by Gasteiger charge is -2.17. The molecule has 3 heteroatoms. The van der Waals surface area contributed by atoms with Gasteiger partial charge in [0.15, 0.2) is 0 Å². The van der Waals surface area contributed by atoms with E-state index >= 15 is 0 Å². The summed E-state index contributed by atoms with van der Waals surface area (Å²) in [5.41, 5.74) is 2.14. The molecule has 100 valence electrons. The average molecular weight is 261 g/mol. The van der Waals surface area contributed by atoms with Crippen molar-refractivity contribution >= 4 is 0 Å². The lowest BCUT2D eigenvalue weighted by atomic mass is 9.89. The normalized spacial score (nSPS) is 11.6. The third-order valence-electron chi connectivity index (χ3n) is 2.77. The predicted molar refractivity (Wildman–Crippen MR) is 72.7 cm³/mol. The summed E-state index contributed by atoms with van der Waals surface area (Å²) in [4.78, 5) is 4.26. The molecule has 2 aromatic rings. The molecule has 1 aromatic carbocycles. The second-order valence-electron chi connectivity index (χ2n) is 5.91. The van der Waals surface area contributed by atoms with Crippen LogP contribution in [0, 0.1) is 17.0 Å². The van der Waals surface area contributed by atoms with Crippen molar-refractivity contribution in [3.63, 3.8) is 0 Å². The highest BCUT2D eigenvalue weighted by Gasteiger charge is 2.12. The molecule has 0 spiro atoms. The largest absolute Gasteiger partial charge is 0.256 e. The first-order valence-electron chi connectivity index (χ1n) is 6.25. The highest BCUT2D eigenvalue weighted by molar-refractivity contribution is 5.59. The van der Waals surface area contributed by atoms with Gasteiger partial charge in [0.1, 0.15) is 11.6 Å². The molecular formula is C16H17F2N. The number of halogens is 2. The van der Waals surface area contributed by atoms with Crippen molar-refractivity contribution in [2.75, 3.05) is 0 Å². The molecule has 0 saturated heterocycles. The molecule has 19 heavy (non-hydrogen) atoms. The molecule has 2 rings (SSSR count). The predicted octanol–water partition coefficient (Wildman–Crippen LogP) is 4.62. The van der Waals surface area contributed by atoms with Crippen molar-refractivity contribution in [2.45, 2.75) is 27.2 Å². The Labute approximate surface area is 112 Å². The van der Waals surface area contributed by atoms with Gasteiger partial charge in [-0.15, -0.1) is 0 Å². The Morgan fingerprint density at radius 2 is 1.79 bits per heavy atom. The third kappa shape index (κ3) is 3.60. The van der Waals surface area contributed by atoms with Gasteiger partial charge in [-0.3, -0.25) is 4.98 Å². The quantitative estimate of drug-likeness (QED) is 0.769. The fourth-order valence-electron chi connectivity index (χ4n) is 2.00. The lowest BCUT2D eigenvalue weighted by Crippen LogP contribution is -2.09. The van der Waals surface area contributed by atoms with E-state index in [0.717, 1.165) is 18.1 Å². The molecule has 0 amide bonds. The van der Waals surface area contributed by atoms with Gasteiger partial charge in [-0.2, -0.15) is 0 Å². The topological polar surface area (TPSA) is 12.9 Å². The van der Waals surface area contributed by atoms with E-state index in [1.807, 2.05) is 6.07 Å². The van der Waals surface area contributed by atoms with Crippen LogP contribution in [0.5, 0.6) is 0 Å². The zero-order valence-corrected chi connectivity index (χ0v) is 11.4. The summed E-state index contributed by atoms with van der Waals surface area (Å²) in [5, 5.41) is 0. The van der Waals surface area contributed by atoms with Gasteiger partial charge in [-0.25, -0.2) is 8.78 Å². The maximum atomic E-state index is 13.6. The zero-order valence-electron chi connectivity index (χ0n) is 11.4. The van der Waals surface area contributed by atoms with E-state index < -0.39 is 11.6 Å². The fraction of sp³-hybridized carbons (Fsp3) is 0.312. The Bertz CT molecular complexity index is 568. The van der Waals surface area contributed by atoms with Crippen molar-refractivity contribution < 1.29 is 8.78 Å². The molecular weight excluding hydrogens is 244 g/mol. The van der Waals surface area contributed by atoms with E-state index in [1.54, 1.807) is 12.3 Å². The van der Waals surface area contributed by atoms with Gasteiger partial charge in [-0.05, 0) is 35.6 Å². The minimum Gasteiger partial charge on any atom is -0.256 e. The van der Waals surface area contributed by atoms with E-state index in [9.17, 15) is 8.78 Å². The molecule has 0 saturated carbocycles. The van der Waals surface area contributed by atoms with Crippen molar-refractivity contribution in [3.8, 4) is 11.3 Å². The second-order valence-corrected chi connectivity index (χ2v) is 5.91. The van der Waals surface area contributed by atoms with Crippen LogP contribution in [0.15, 0.2) is 36.5 Å². The van der Waals surface area contributed by atoms with E-state index in [0.29, 0.717) is 11.3 Å². The Morgan fingerprint density at radius 1 is 1.05 bits per heavy atom. The fourth-order valence-corrected chi connectivity index (χ4v) is 2.00. The molecule has 0 unspecified atom stereocenters. The summed E-state index contributed by atoms with van der Waals surface area (Å²) in [6.45, 7) is 6.46. The third-order valence-corrected chi connectivity index (χ3v) is 2.77. The highest BCUT2D eigenvalue weighted by atomic mass is 19.1. The molecule has 0 aliphatic carbocycles. The maximum Gasteiger partial charge on any atom is 0.135 e. The van der Waals surface area contributed by atoms with Gasteiger partial charge in [0.25, 0.3) is 0 Å². The molecule has 0 bridgehead atoms. The van der Waals surface area contributed by atoms with Crippen LogP contribution in [-0.2, 0) is 6.42 Å². The molecule has 1 nitrogen and oxygen atoms in total.